The van der Waals surface area contributed by atoms with Crippen molar-refractivity contribution < 1.29 is 14.0 Å². The fourth-order valence-corrected chi connectivity index (χ4v) is 4.56. The van der Waals surface area contributed by atoms with Crippen molar-refractivity contribution in [2.45, 2.75) is 6.92 Å². The van der Waals surface area contributed by atoms with Gasteiger partial charge in [0.05, 0.1) is 23.1 Å². The lowest BCUT2D eigenvalue weighted by Gasteiger charge is -2.34. The molecule has 8 nitrogen and oxygen atoms in total. The lowest BCUT2D eigenvalue weighted by atomic mass is 10.1. The van der Waals surface area contributed by atoms with Gasteiger partial charge in [-0.25, -0.2) is 9.37 Å². The third-order valence-corrected chi connectivity index (χ3v) is 6.45. The fraction of sp³-hybridized carbons (Fsp3) is 0.214. The number of hydrogen-bond donors (Lipinski definition) is 1. The van der Waals surface area contributed by atoms with Gasteiger partial charge in [-0.3, -0.25) is 23.9 Å². The summed E-state index contributed by atoms with van der Waals surface area (Å²) >= 11 is 0. The first-order valence-electron chi connectivity index (χ1n) is 12.0. The molecule has 37 heavy (non-hydrogen) atoms. The number of rotatable bonds is 5. The number of benzene rings is 3. The lowest BCUT2D eigenvalue weighted by molar-refractivity contribution is -0.117. The Hall–Kier alpha value is -4.37. The summed E-state index contributed by atoms with van der Waals surface area (Å²) in [5, 5.41) is 3.23. The zero-order valence-electron chi connectivity index (χ0n) is 20.4. The highest BCUT2D eigenvalue weighted by Crippen LogP contribution is 2.16. The van der Waals surface area contributed by atoms with Crippen LogP contribution in [-0.2, 0) is 4.79 Å². The molecule has 3 aromatic carbocycles. The number of carbonyl (C=O) groups is 2. The van der Waals surface area contributed by atoms with Crippen LogP contribution >= 0.6 is 0 Å². The minimum absolute atomic E-state index is 0.101. The molecular formula is C28H26FN5O3. The van der Waals surface area contributed by atoms with E-state index in [2.05, 4.69) is 10.3 Å². The van der Waals surface area contributed by atoms with Gasteiger partial charge >= 0.3 is 0 Å². The summed E-state index contributed by atoms with van der Waals surface area (Å²) in [7, 11) is 0. The van der Waals surface area contributed by atoms with Crippen molar-refractivity contribution in [1.29, 1.82) is 0 Å². The Balaban J connectivity index is 1.21. The van der Waals surface area contributed by atoms with E-state index in [0.717, 1.165) is 0 Å². The molecule has 1 aromatic heterocycles. The van der Waals surface area contributed by atoms with Gasteiger partial charge in [0.25, 0.3) is 11.5 Å². The van der Waals surface area contributed by atoms with Crippen LogP contribution in [0.3, 0.4) is 0 Å². The van der Waals surface area contributed by atoms with Crippen LogP contribution in [0, 0.1) is 12.7 Å². The van der Waals surface area contributed by atoms with Crippen LogP contribution < -0.4 is 10.9 Å². The van der Waals surface area contributed by atoms with Gasteiger partial charge in [0.1, 0.15) is 11.6 Å². The minimum Gasteiger partial charge on any atom is -0.336 e. The highest BCUT2D eigenvalue weighted by Gasteiger charge is 2.23. The molecule has 2 heterocycles. The van der Waals surface area contributed by atoms with Gasteiger partial charge in [-0.2, -0.15) is 0 Å². The number of halogens is 1. The maximum Gasteiger partial charge on any atom is 0.265 e. The number of carbonyl (C=O) groups excluding carboxylic acids is 2. The molecule has 9 heteroatoms. The van der Waals surface area contributed by atoms with E-state index in [4.69, 9.17) is 0 Å². The van der Waals surface area contributed by atoms with E-state index in [-0.39, 0.29) is 23.9 Å². The summed E-state index contributed by atoms with van der Waals surface area (Å²) < 4.78 is 14.9. The molecule has 1 aliphatic rings. The normalized spacial score (nSPS) is 14.1. The molecule has 1 saturated heterocycles. The second-order valence-electron chi connectivity index (χ2n) is 8.99. The van der Waals surface area contributed by atoms with Crippen LogP contribution in [0.1, 0.15) is 16.2 Å². The summed E-state index contributed by atoms with van der Waals surface area (Å²) in [5.74, 6) is -0.166. The molecule has 1 aliphatic heterocycles. The van der Waals surface area contributed by atoms with E-state index in [0.29, 0.717) is 59.8 Å². The van der Waals surface area contributed by atoms with E-state index in [1.54, 1.807) is 58.9 Å². The number of aromatic nitrogens is 2. The molecule has 0 atom stereocenters. The quantitative estimate of drug-likeness (QED) is 0.456. The van der Waals surface area contributed by atoms with Gasteiger partial charge in [-0.05, 0) is 61.5 Å². The molecule has 0 spiro atoms. The number of hydrogen-bond acceptors (Lipinski definition) is 5. The smallest absolute Gasteiger partial charge is 0.265 e. The van der Waals surface area contributed by atoms with E-state index >= 15 is 0 Å². The molecule has 0 bridgehead atoms. The molecular weight excluding hydrogens is 473 g/mol. The largest absolute Gasteiger partial charge is 0.336 e. The molecule has 188 valence electrons. The molecule has 0 saturated carbocycles. The number of nitrogens with one attached hydrogen (secondary N) is 1. The average Bonchev–Trinajstić information content (AvgIpc) is 2.89. The van der Waals surface area contributed by atoms with E-state index < -0.39 is 5.82 Å². The van der Waals surface area contributed by atoms with Crippen molar-refractivity contribution in [1.82, 2.24) is 19.4 Å². The summed E-state index contributed by atoms with van der Waals surface area (Å²) in [4.78, 5) is 46.7. The van der Waals surface area contributed by atoms with Gasteiger partial charge in [-0.1, -0.05) is 18.2 Å². The number of anilines is 1. The molecule has 1 N–H and O–H groups in total. The number of piperazine rings is 1. The SMILES string of the molecule is Cc1nc2ccccc2c(=O)n1-c1ccc(C(=O)N2CCN(CC(=O)Nc3cccc(F)c3)CC2)cc1. The summed E-state index contributed by atoms with van der Waals surface area (Å²) in [6.07, 6.45) is 0. The van der Waals surface area contributed by atoms with E-state index in [1.165, 1.54) is 12.1 Å². The highest BCUT2D eigenvalue weighted by molar-refractivity contribution is 5.95. The number of amides is 2. The number of aryl methyl sites for hydroxylation is 1. The van der Waals surface area contributed by atoms with Crippen LogP contribution in [0.5, 0.6) is 0 Å². The van der Waals surface area contributed by atoms with Gasteiger partial charge in [0.15, 0.2) is 0 Å². The van der Waals surface area contributed by atoms with Crippen molar-refractivity contribution in [2.24, 2.45) is 0 Å². The number of para-hydroxylation sites is 1. The average molecular weight is 500 g/mol. The standard InChI is InChI=1S/C28H26FN5O3/c1-19-30-25-8-3-2-7-24(25)28(37)34(19)23-11-9-20(10-12-23)27(36)33-15-13-32(14-16-33)18-26(35)31-22-6-4-5-21(29)17-22/h2-12,17H,13-16,18H2,1H3,(H,31,35). The second-order valence-corrected chi connectivity index (χ2v) is 8.99. The first-order valence-corrected chi connectivity index (χ1v) is 12.0. The third-order valence-electron chi connectivity index (χ3n) is 6.45. The van der Waals surface area contributed by atoms with E-state index in [1.807, 2.05) is 23.1 Å². The number of nitrogens with zero attached hydrogens (tertiary/aromatic N) is 4. The topological polar surface area (TPSA) is 87.5 Å². The van der Waals surface area contributed by atoms with Crippen LogP contribution in [0.15, 0.2) is 77.6 Å². The van der Waals surface area contributed by atoms with Crippen LogP contribution in [-0.4, -0.2) is 63.9 Å². The lowest BCUT2D eigenvalue weighted by Crippen LogP contribution is -2.50. The summed E-state index contributed by atoms with van der Waals surface area (Å²) in [6.45, 7) is 4.03. The molecule has 1 fully saturated rings. The van der Waals surface area contributed by atoms with Gasteiger partial charge in [0.2, 0.25) is 5.91 Å². The Morgan fingerprint density at radius 2 is 1.68 bits per heavy atom. The molecule has 4 aromatic rings. The van der Waals surface area contributed by atoms with Gasteiger partial charge in [0, 0.05) is 37.4 Å². The van der Waals surface area contributed by atoms with Crippen molar-refractivity contribution in [3.63, 3.8) is 0 Å². The van der Waals surface area contributed by atoms with Crippen molar-refractivity contribution in [3.8, 4) is 5.69 Å². The van der Waals surface area contributed by atoms with Crippen LogP contribution in [0.4, 0.5) is 10.1 Å². The van der Waals surface area contributed by atoms with Crippen molar-refractivity contribution in [3.05, 3.63) is 100 Å². The third kappa shape index (κ3) is 5.26. The first kappa shape index (κ1) is 24.3. The molecule has 0 aliphatic carbocycles. The minimum atomic E-state index is -0.408. The predicted molar refractivity (Wildman–Crippen MR) is 139 cm³/mol. The molecule has 0 radical (unpaired) electrons. The Labute approximate surface area is 213 Å². The Morgan fingerprint density at radius 3 is 2.41 bits per heavy atom. The second kappa shape index (κ2) is 10.3. The van der Waals surface area contributed by atoms with Crippen molar-refractivity contribution >= 4 is 28.4 Å². The fourth-order valence-electron chi connectivity index (χ4n) is 4.56. The monoisotopic (exact) mass is 499 g/mol. The van der Waals surface area contributed by atoms with Crippen LogP contribution in [0.25, 0.3) is 16.6 Å². The maximum atomic E-state index is 13.3. The molecule has 2 amide bonds. The summed E-state index contributed by atoms with van der Waals surface area (Å²) in [5.41, 5.74) is 2.09. The van der Waals surface area contributed by atoms with E-state index in [9.17, 15) is 18.8 Å². The highest BCUT2D eigenvalue weighted by atomic mass is 19.1. The zero-order valence-corrected chi connectivity index (χ0v) is 20.4. The Morgan fingerprint density at radius 1 is 0.946 bits per heavy atom. The van der Waals surface area contributed by atoms with Gasteiger partial charge in [-0.15, -0.1) is 0 Å². The predicted octanol–water partition coefficient (Wildman–Crippen LogP) is 3.23. The maximum absolute atomic E-state index is 13.3. The van der Waals surface area contributed by atoms with Crippen molar-refractivity contribution in [2.75, 3.05) is 38.0 Å². The zero-order chi connectivity index (χ0) is 25.9. The molecule has 5 rings (SSSR count). The Kier molecular flexibility index (Phi) is 6.78. The van der Waals surface area contributed by atoms with Crippen LogP contribution in [0.2, 0.25) is 0 Å². The Bertz CT molecular complexity index is 1530. The summed E-state index contributed by atoms with van der Waals surface area (Å²) in [6, 6.07) is 19.9. The van der Waals surface area contributed by atoms with Gasteiger partial charge < -0.3 is 10.2 Å². The first-order chi connectivity index (χ1) is 17.9. The number of fused-ring (bicyclic) bond motifs is 1. The molecule has 0 unspecified atom stereocenters.